The zero-order chi connectivity index (χ0) is 13.8. The minimum atomic E-state index is -0.668. The molecule has 1 fully saturated rings. The molecule has 2 atom stereocenters. The molecule has 19 heavy (non-hydrogen) atoms. The highest BCUT2D eigenvalue weighted by Crippen LogP contribution is 2.26. The zero-order valence-electron chi connectivity index (χ0n) is 10.3. The molecule has 0 bridgehead atoms. The molecule has 2 rings (SSSR count). The minimum Gasteiger partial charge on any atom is -0.395 e. The SMILES string of the molecule is O=C(NC1CCCCC1CCl)c1ccc([N+](=O)[O-])o1. The van der Waals surface area contributed by atoms with Crippen LogP contribution in [0.15, 0.2) is 16.5 Å². The maximum atomic E-state index is 11.9. The van der Waals surface area contributed by atoms with Gasteiger partial charge in [-0.15, -0.1) is 11.6 Å². The van der Waals surface area contributed by atoms with Gasteiger partial charge in [-0.25, -0.2) is 0 Å². The molecule has 7 heteroatoms. The Kier molecular flexibility index (Phi) is 4.42. The fraction of sp³-hybridized carbons (Fsp3) is 0.583. The third kappa shape index (κ3) is 3.26. The summed E-state index contributed by atoms with van der Waals surface area (Å²) in [6.45, 7) is 0. The summed E-state index contributed by atoms with van der Waals surface area (Å²) >= 11 is 5.89. The highest BCUT2D eigenvalue weighted by atomic mass is 35.5. The first kappa shape index (κ1) is 13.9. The van der Waals surface area contributed by atoms with Crippen molar-refractivity contribution in [1.29, 1.82) is 0 Å². The first-order valence-electron chi connectivity index (χ1n) is 6.23. The van der Waals surface area contributed by atoms with E-state index in [1.165, 1.54) is 12.1 Å². The summed E-state index contributed by atoms with van der Waals surface area (Å²) in [7, 11) is 0. The van der Waals surface area contributed by atoms with E-state index < -0.39 is 16.7 Å². The van der Waals surface area contributed by atoms with Crippen LogP contribution in [0.3, 0.4) is 0 Å². The smallest absolute Gasteiger partial charge is 0.395 e. The molecule has 0 spiro atoms. The molecule has 1 aliphatic rings. The Balaban J connectivity index is 2.01. The molecule has 1 amide bonds. The number of amides is 1. The fourth-order valence-electron chi connectivity index (χ4n) is 2.37. The molecule has 0 radical (unpaired) electrons. The van der Waals surface area contributed by atoms with Gasteiger partial charge in [-0.3, -0.25) is 14.9 Å². The molecule has 0 saturated heterocycles. The van der Waals surface area contributed by atoms with Crippen LogP contribution in [0.25, 0.3) is 0 Å². The molecule has 0 aliphatic heterocycles. The number of carbonyl (C=O) groups excluding carboxylic acids is 1. The van der Waals surface area contributed by atoms with Crippen molar-refractivity contribution in [3.05, 3.63) is 28.0 Å². The summed E-state index contributed by atoms with van der Waals surface area (Å²) in [5.74, 6) is -0.129. The molecule has 104 valence electrons. The van der Waals surface area contributed by atoms with Crippen LogP contribution >= 0.6 is 11.6 Å². The van der Waals surface area contributed by atoms with Gasteiger partial charge >= 0.3 is 5.88 Å². The predicted octanol–water partition coefficient (Wildman–Crippen LogP) is 2.72. The molecular formula is C12H15ClN2O4. The third-order valence-corrected chi connectivity index (χ3v) is 3.82. The highest BCUT2D eigenvalue weighted by Gasteiger charge is 2.27. The van der Waals surface area contributed by atoms with Crippen LogP contribution in [-0.2, 0) is 0 Å². The van der Waals surface area contributed by atoms with E-state index >= 15 is 0 Å². The van der Waals surface area contributed by atoms with Gasteiger partial charge in [0.2, 0.25) is 0 Å². The van der Waals surface area contributed by atoms with Crippen LogP contribution in [0.1, 0.15) is 36.2 Å². The molecule has 1 N–H and O–H groups in total. The number of alkyl halides is 1. The van der Waals surface area contributed by atoms with Crippen molar-refractivity contribution in [2.45, 2.75) is 31.7 Å². The molecular weight excluding hydrogens is 272 g/mol. The Labute approximate surface area is 115 Å². The van der Waals surface area contributed by atoms with E-state index in [2.05, 4.69) is 5.32 Å². The van der Waals surface area contributed by atoms with Crippen LogP contribution in [0.4, 0.5) is 5.88 Å². The van der Waals surface area contributed by atoms with Gasteiger partial charge in [0.15, 0.2) is 5.76 Å². The summed E-state index contributed by atoms with van der Waals surface area (Å²) in [6.07, 6.45) is 4.05. The van der Waals surface area contributed by atoms with Crippen molar-refractivity contribution < 1.29 is 14.1 Å². The molecule has 1 saturated carbocycles. The second kappa shape index (κ2) is 6.06. The normalized spacial score (nSPS) is 23.0. The van der Waals surface area contributed by atoms with Crippen molar-refractivity contribution in [2.75, 3.05) is 5.88 Å². The number of nitro groups is 1. The largest absolute Gasteiger partial charge is 0.433 e. The Bertz CT molecular complexity index is 474. The van der Waals surface area contributed by atoms with Gasteiger partial charge in [0, 0.05) is 11.9 Å². The maximum absolute atomic E-state index is 11.9. The number of rotatable bonds is 4. The van der Waals surface area contributed by atoms with Crippen LogP contribution in [0.2, 0.25) is 0 Å². The summed E-state index contributed by atoms with van der Waals surface area (Å²) in [4.78, 5) is 21.8. The average Bonchev–Trinajstić information content (AvgIpc) is 2.89. The monoisotopic (exact) mass is 286 g/mol. The van der Waals surface area contributed by atoms with Crippen molar-refractivity contribution in [3.8, 4) is 0 Å². The zero-order valence-corrected chi connectivity index (χ0v) is 11.1. The maximum Gasteiger partial charge on any atom is 0.433 e. The summed E-state index contributed by atoms with van der Waals surface area (Å²) in [5, 5.41) is 13.3. The number of nitrogens with one attached hydrogen (secondary N) is 1. The van der Waals surface area contributed by atoms with Crippen molar-refractivity contribution >= 4 is 23.4 Å². The third-order valence-electron chi connectivity index (χ3n) is 3.42. The number of furan rings is 1. The first-order valence-corrected chi connectivity index (χ1v) is 6.76. The number of hydrogen-bond donors (Lipinski definition) is 1. The van der Waals surface area contributed by atoms with Gasteiger partial charge in [-0.2, -0.15) is 0 Å². The lowest BCUT2D eigenvalue weighted by molar-refractivity contribution is -0.402. The van der Waals surface area contributed by atoms with Crippen LogP contribution < -0.4 is 5.32 Å². The molecule has 6 nitrogen and oxygen atoms in total. The van der Waals surface area contributed by atoms with E-state index in [0.29, 0.717) is 5.88 Å². The molecule has 0 aromatic carbocycles. The molecule has 1 aromatic rings. The van der Waals surface area contributed by atoms with E-state index in [1.54, 1.807) is 0 Å². The van der Waals surface area contributed by atoms with Gasteiger partial charge in [0.05, 0.1) is 6.07 Å². The predicted molar refractivity (Wildman–Crippen MR) is 69.3 cm³/mol. The Morgan fingerprint density at radius 3 is 2.84 bits per heavy atom. The average molecular weight is 287 g/mol. The summed E-state index contributed by atoms with van der Waals surface area (Å²) in [6, 6.07) is 2.50. The lowest BCUT2D eigenvalue weighted by atomic mass is 9.86. The van der Waals surface area contributed by atoms with E-state index in [9.17, 15) is 14.9 Å². The van der Waals surface area contributed by atoms with E-state index in [4.69, 9.17) is 16.0 Å². The van der Waals surface area contributed by atoms with Crippen LogP contribution in [0, 0.1) is 16.0 Å². The van der Waals surface area contributed by atoms with Gasteiger partial charge in [-0.1, -0.05) is 12.8 Å². The van der Waals surface area contributed by atoms with Gasteiger partial charge in [-0.05, 0) is 24.8 Å². The summed E-state index contributed by atoms with van der Waals surface area (Å²) < 4.78 is 4.87. The van der Waals surface area contributed by atoms with Crippen LogP contribution in [-0.4, -0.2) is 22.8 Å². The van der Waals surface area contributed by atoms with E-state index in [-0.39, 0.29) is 17.7 Å². The van der Waals surface area contributed by atoms with Gasteiger partial charge < -0.3 is 9.73 Å². The number of hydrogen-bond acceptors (Lipinski definition) is 4. The first-order chi connectivity index (χ1) is 9.11. The fourth-order valence-corrected chi connectivity index (χ4v) is 2.74. The topological polar surface area (TPSA) is 85.4 Å². The van der Waals surface area contributed by atoms with E-state index in [1.807, 2.05) is 0 Å². The molecule has 1 aliphatic carbocycles. The van der Waals surface area contributed by atoms with Gasteiger partial charge in [0.1, 0.15) is 4.92 Å². The lowest BCUT2D eigenvalue weighted by Gasteiger charge is -2.30. The second-order valence-corrected chi connectivity index (χ2v) is 4.98. The van der Waals surface area contributed by atoms with Crippen molar-refractivity contribution in [2.24, 2.45) is 5.92 Å². The second-order valence-electron chi connectivity index (χ2n) is 4.67. The van der Waals surface area contributed by atoms with E-state index in [0.717, 1.165) is 25.7 Å². The summed E-state index contributed by atoms with van der Waals surface area (Å²) in [5.41, 5.74) is 0. The number of carbonyl (C=O) groups is 1. The van der Waals surface area contributed by atoms with Crippen molar-refractivity contribution in [3.63, 3.8) is 0 Å². The molecule has 1 aromatic heterocycles. The highest BCUT2D eigenvalue weighted by molar-refractivity contribution is 6.18. The lowest BCUT2D eigenvalue weighted by Crippen LogP contribution is -2.42. The molecule has 1 heterocycles. The van der Waals surface area contributed by atoms with Gasteiger partial charge in [0.25, 0.3) is 5.91 Å². The Morgan fingerprint density at radius 1 is 1.47 bits per heavy atom. The van der Waals surface area contributed by atoms with Crippen LogP contribution in [0.5, 0.6) is 0 Å². The number of halogens is 1. The quantitative estimate of drug-likeness (QED) is 0.524. The standard InChI is InChI=1S/C12H15ClN2O4/c13-7-8-3-1-2-4-9(8)14-12(16)10-5-6-11(19-10)15(17)18/h5-6,8-9H,1-4,7H2,(H,14,16). The molecule has 2 unspecified atom stereocenters. The Morgan fingerprint density at radius 2 is 2.21 bits per heavy atom. The van der Waals surface area contributed by atoms with Crippen molar-refractivity contribution in [1.82, 2.24) is 5.32 Å². The minimum absolute atomic E-state index is 0.0166. The Hall–Kier alpha value is -1.56. The number of nitrogens with zero attached hydrogens (tertiary/aromatic N) is 1.